The van der Waals surface area contributed by atoms with E-state index < -0.39 is 5.97 Å². The number of nitrogens with one attached hydrogen (secondary N) is 1. The van der Waals surface area contributed by atoms with Gasteiger partial charge in [0.05, 0.1) is 26.0 Å². The summed E-state index contributed by atoms with van der Waals surface area (Å²) >= 11 is 7.36. The zero-order valence-corrected chi connectivity index (χ0v) is 14.3. The Bertz CT molecular complexity index is 923. The lowest BCUT2D eigenvalue weighted by molar-refractivity contribution is -0.123. The number of pyridine rings is 1. The SMILES string of the molecule is CNC(=O)COC(=O)c1cc(-c2ccc(Cl)s2)nc2ccccc12. The molecular formula is C17H13ClN2O3S. The third kappa shape index (κ3) is 3.39. The van der Waals surface area contributed by atoms with Crippen molar-refractivity contribution in [3.8, 4) is 10.6 Å². The molecule has 5 nitrogen and oxygen atoms in total. The Balaban J connectivity index is 2.04. The van der Waals surface area contributed by atoms with E-state index in [1.165, 1.54) is 18.4 Å². The molecule has 3 aromatic rings. The van der Waals surface area contributed by atoms with Crippen LogP contribution in [0, 0.1) is 0 Å². The van der Waals surface area contributed by atoms with E-state index in [1.807, 2.05) is 24.3 Å². The minimum Gasteiger partial charge on any atom is -0.452 e. The summed E-state index contributed by atoms with van der Waals surface area (Å²) in [6.45, 7) is -0.327. The molecular weight excluding hydrogens is 348 g/mol. The number of hydrogen-bond donors (Lipinski definition) is 1. The number of thiophene rings is 1. The molecule has 0 saturated heterocycles. The first-order valence-electron chi connectivity index (χ1n) is 7.11. The first-order valence-corrected chi connectivity index (χ1v) is 8.31. The lowest BCUT2D eigenvalue weighted by Gasteiger charge is -2.09. The predicted octanol–water partition coefficient (Wildman–Crippen LogP) is 3.52. The third-order valence-corrected chi connectivity index (χ3v) is 4.63. The smallest absolute Gasteiger partial charge is 0.339 e. The number of para-hydroxylation sites is 1. The highest BCUT2D eigenvalue weighted by atomic mass is 35.5. The zero-order chi connectivity index (χ0) is 17.1. The van der Waals surface area contributed by atoms with Gasteiger partial charge in [-0.15, -0.1) is 11.3 Å². The molecule has 0 aliphatic heterocycles. The van der Waals surface area contributed by atoms with Crippen molar-refractivity contribution in [2.45, 2.75) is 0 Å². The number of aromatic nitrogens is 1. The van der Waals surface area contributed by atoms with Crippen molar-refractivity contribution in [1.82, 2.24) is 10.3 Å². The van der Waals surface area contributed by atoms with E-state index in [-0.39, 0.29) is 12.5 Å². The van der Waals surface area contributed by atoms with Crippen LogP contribution in [0.1, 0.15) is 10.4 Å². The average Bonchev–Trinajstić information content (AvgIpc) is 3.04. The molecule has 0 unspecified atom stereocenters. The first-order chi connectivity index (χ1) is 11.6. The maximum absolute atomic E-state index is 12.4. The van der Waals surface area contributed by atoms with Gasteiger partial charge >= 0.3 is 5.97 Å². The highest BCUT2D eigenvalue weighted by Gasteiger charge is 2.16. The molecule has 0 atom stereocenters. The van der Waals surface area contributed by atoms with Gasteiger partial charge in [0.15, 0.2) is 6.61 Å². The first kappa shape index (κ1) is 16.4. The fourth-order valence-electron chi connectivity index (χ4n) is 2.20. The van der Waals surface area contributed by atoms with Crippen LogP contribution in [0.5, 0.6) is 0 Å². The van der Waals surface area contributed by atoms with Gasteiger partial charge < -0.3 is 10.1 Å². The van der Waals surface area contributed by atoms with Crippen LogP contribution in [0.3, 0.4) is 0 Å². The molecule has 7 heteroatoms. The normalized spacial score (nSPS) is 10.6. The van der Waals surface area contributed by atoms with Gasteiger partial charge in [0.1, 0.15) is 0 Å². The van der Waals surface area contributed by atoms with E-state index in [4.69, 9.17) is 16.3 Å². The van der Waals surface area contributed by atoms with Crippen molar-refractivity contribution in [2.75, 3.05) is 13.7 Å². The van der Waals surface area contributed by atoms with Crippen LogP contribution in [0.15, 0.2) is 42.5 Å². The highest BCUT2D eigenvalue weighted by molar-refractivity contribution is 7.19. The van der Waals surface area contributed by atoms with Crippen LogP contribution in [0.25, 0.3) is 21.5 Å². The molecule has 1 aromatic carbocycles. The molecule has 1 amide bonds. The molecule has 2 heterocycles. The van der Waals surface area contributed by atoms with Crippen molar-refractivity contribution in [3.63, 3.8) is 0 Å². The molecule has 0 radical (unpaired) electrons. The van der Waals surface area contributed by atoms with Crippen LogP contribution in [-0.4, -0.2) is 30.5 Å². The van der Waals surface area contributed by atoms with Crippen LogP contribution in [0.4, 0.5) is 0 Å². The molecule has 0 spiro atoms. The number of likely N-dealkylation sites (N-methyl/N-ethyl adjacent to an activating group) is 1. The largest absolute Gasteiger partial charge is 0.452 e. The lowest BCUT2D eigenvalue weighted by Crippen LogP contribution is -2.25. The maximum atomic E-state index is 12.4. The predicted molar refractivity (Wildman–Crippen MR) is 94.4 cm³/mol. The fourth-order valence-corrected chi connectivity index (χ4v) is 3.21. The second-order valence-corrected chi connectivity index (χ2v) is 6.64. The Morgan fingerprint density at radius 1 is 1.25 bits per heavy atom. The number of benzene rings is 1. The third-order valence-electron chi connectivity index (χ3n) is 3.37. The van der Waals surface area contributed by atoms with Crippen LogP contribution in [-0.2, 0) is 9.53 Å². The second-order valence-electron chi connectivity index (χ2n) is 4.93. The van der Waals surface area contributed by atoms with Gasteiger partial charge in [-0.2, -0.15) is 0 Å². The van der Waals surface area contributed by atoms with Gasteiger partial charge in [0.2, 0.25) is 0 Å². The zero-order valence-electron chi connectivity index (χ0n) is 12.7. The Morgan fingerprint density at radius 2 is 2.04 bits per heavy atom. The molecule has 0 aliphatic rings. The molecule has 24 heavy (non-hydrogen) atoms. The van der Waals surface area contributed by atoms with E-state index in [9.17, 15) is 9.59 Å². The molecule has 2 aromatic heterocycles. The second kappa shape index (κ2) is 6.98. The van der Waals surface area contributed by atoms with E-state index in [2.05, 4.69) is 10.3 Å². The van der Waals surface area contributed by atoms with Crippen LogP contribution < -0.4 is 5.32 Å². The quantitative estimate of drug-likeness (QED) is 0.723. The molecule has 3 rings (SSSR count). The summed E-state index contributed by atoms with van der Waals surface area (Å²) in [6, 6.07) is 12.6. The Hall–Kier alpha value is -2.44. The topological polar surface area (TPSA) is 68.3 Å². The standard InChI is InChI=1S/C17H13ClN2O3S/c1-19-16(21)9-23-17(22)11-8-13(14-6-7-15(18)24-14)20-12-5-3-2-4-10(11)12/h2-8H,9H2,1H3,(H,19,21). The molecule has 1 N–H and O–H groups in total. The summed E-state index contributed by atoms with van der Waals surface area (Å²) in [4.78, 5) is 29.1. The minimum atomic E-state index is -0.568. The minimum absolute atomic E-state index is 0.327. The van der Waals surface area contributed by atoms with Crippen molar-refractivity contribution in [2.24, 2.45) is 0 Å². The van der Waals surface area contributed by atoms with Crippen LogP contribution >= 0.6 is 22.9 Å². The number of amides is 1. The summed E-state index contributed by atoms with van der Waals surface area (Å²) in [5, 5.41) is 3.08. The fraction of sp³-hybridized carbons (Fsp3) is 0.118. The molecule has 0 aliphatic carbocycles. The van der Waals surface area contributed by atoms with Gasteiger partial charge in [-0.3, -0.25) is 4.79 Å². The van der Waals surface area contributed by atoms with Crippen molar-refractivity contribution in [1.29, 1.82) is 0 Å². The summed E-state index contributed by atoms with van der Waals surface area (Å²) in [5.41, 5.74) is 1.67. The number of hydrogen-bond acceptors (Lipinski definition) is 5. The number of fused-ring (bicyclic) bond motifs is 1. The summed E-state index contributed by atoms with van der Waals surface area (Å²) in [6.07, 6.45) is 0. The molecule has 0 bridgehead atoms. The van der Waals surface area contributed by atoms with Gasteiger partial charge in [-0.1, -0.05) is 29.8 Å². The van der Waals surface area contributed by atoms with Crippen molar-refractivity contribution in [3.05, 3.63) is 52.4 Å². The van der Waals surface area contributed by atoms with E-state index in [0.29, 0.717) is 26.5 Å². The highest BCUT2D eigenvalue weighted by Crippen LogP contribution is 2.32. The Labute approximate surface area is 147 Å². The van der Waals surface area contributed by atoms with Gasteiger partial charge in [0, 0.05) is 12.4 Å². The molecule has 0 fully saturated rings. The number of ether oxygens (including phenoxy) is 1. The molecule has 122 valence electrons. The number of carbonyl (C=O) groups is 2. The number of halogens is 1. The molecule has 0 saturated carbocycles. The van der Waals surface area contributed by atoms with Crippen LogP contribution in [0.2, 0.25) is 4.34 Å². The van der Waals surface area contributed by atoms with E-state index in [1.54, 1.807) is 18.2 Å². The summed E-state index contributed by atoms with van der Waals surface area (Å²) in [5.74, 6) is -0.937. The monoisotopic (exact) mass is 360 g/mol. The van der Waals surface area contributed by atoms with Crippen molar-refractivity contribution < 1.29 is 14.3 Å². The Morgan fingerprint density at radius 3 is 2.75 bits per heavy atom. The number of esters is 1. The number of rotatable bonds is 4. The average molecular weight is 361 g/mol. The number of carbonyl (C=O) groups excluding carboxylic acids is 2. The lowest BCUT2D eigenvalue weighted by atomic mass is 10.1. The van der Waals surface area contributed by atoms with E-state index in [0.717, 1.165) is 4.88 Å². The van der Waals surface area contributed by atoms with Gasteiger partial charge in [-0.05, 0) is 24.3 Å². The van der Waals surface area contributed by atoms with E-state index >= 15 is 0 Å². The van der Waals surface area contributed by atoms with Gasteiger partial charge in [0.25, 0.3) is 5.91 Å². The number of nitrogens with zero attached hydrogens (tertiary/aromatic N) is 1. The maximum Gasteiger partial charge on any atom is 0.339 e. The Kier molecular flexibility index (Phi) is 4.78. The summed E-state index contributed by atoms with van der Waals surface area (Å²) in [7, 11) is 1.48. The summed E-state index contributed by atoms with van der Waals surface area (Å²) < 4.78 is 5.73. The van der Waals surface area contributed by atoms with Gasteiger partial charge in [-0.25, -0.2) is 9.78 Å². The van der Waals surface area contributed by atoms with Crippen molar-refractivity contribution >= 4 is 45.7 Å².